The largest absolute Gasteiger partial charge is 0.486 e. The number of ether oxygens (including phenoxy) is 2. The molecule has 0 aliphatic carbocycles. The number of aromatic nitrogens is 2. The first-order valence-electron chi connectivity index (χ1n) is 8.53. The second-order valence-corrected chi connectivity index (χ2v) is 7.57. The molecule has 29 heavy (non-hydrogen) atoms. The molecular formula is C20H15BrCl2N2O4. The molecule has 0 bridgehead atoms. The van der Waals surface area contributed by atoms with Crippen LogP contribution in [0.4, 0.5) is 0 Å². The lowest BCUT2D eigenvalue weighted by molar-refractivity contribution is 0.0511. The standard InChI is InChI=1S/C20H15BrCl2N2O4/c1-2-28-20(27)19-17(29-11-12-6-7-15(22)16(23)8-12)10-18(26)25(24-19)14-5-3-4-13(21)9-14/h3-10H,2,11H2,1H3. The van der Waals surface area contributed by atoms with Gasteiger partial charge >= 0.3 is 5.97 Å². The van der Waals surface area contributed by atoms with E-state index in [2.05, 4.69) is 21.0 Å². The summed E-state index contributed by atoms with van der Waals surface area (Å²) >= 11 is 15.3. The highest BCUT2D eigenvalue weighted by molar-refractivity contribution is 9.10. The van der Waals surface area contributed by atoms with E-state index < -0.39 is 11.5 Å². The summed E-state index contributed by atoms with van der Waals surface area (Å²) in [6.07, 6.45) is 0. The summed E-state index contributed by atoms with van der Waals surface area (Å²) in [5.41, 5.74) is 0.642. The molecule has 2 aromatic carbocycles. The number of nitrogens with zero attached hydrogens (tertiary/aromatic N) is 2. The van der Waals surface area contributed by atoms with Gasteiger partial charge in [0.15, 0.2) is 5.75 Å². The SMILES string of the molecule is CCOC(=O)c1nn(-c2cccc(Br)c2)c(=O)cc1OCc1ccc(Cl)c(Cl)c1. The highest BCUT2D eigenvalue weighted by atomic mass is 79.9. The fourth-order valence-electron chi connectivity index (χ4n) is 2.47. The first-order valence-corrected chi connectivity index (χ1v) is 10.1. The van der Waals surface area contributed by atoms with E-state index in [0.717, 1.165) is 9.15 Å². The Hall–Kier alpha value is -2.35. The fourth-order valence-corrected chi connectivity index (χ4v) is 3.18. The van der Waals surface area contributed by atoms with Crippen molar-refractivity contribution in [2.75, 3.05) is 6.61 Å². The number of hydrogen-bond acceptors (Lipinski definition) is 5. The van der Waals surface area contributed by atoms with Crippen LogP contribution >= 0.6 is 39.1 Å². The molecule has 6 nitrogen and oxygen atoms in total. The second kappa shape index (κ2) is 9.43. The van der Waals surface area contributed by atoms with Crippen LogP contribution in [0.15, 0.2) is 57.8 Å². The monoisotopic (exact) mass is 496 g/mol. The lowest BCUT2D eigenvalue weighted by atomic mass is 10.2. The van der Waals surface area contributed by atoms with Crippen molar-refractivity contribution in [1.82, 2.24) is 9.78 Å². The summed E-state index contributed by atoms with van der Waals surface area (Å²) in [7, 11) is 0. The maximum atomic E-state index is 12.6. The molecule has 9 heteroatoms. The van der Waals surface area contributed by atoms with Crippen LogP contribution in [0.25, 0.3) is 5.69 Å². The molecule has 0 aliphatic rings. The lowest BCUT2D eigenvalue weighted by Gasteiger charge is -2.13. The third kappa shape index (κ3) is 5.18. The summed E-state index contributed by atoms with van der Waals surface area (Å²) in [5.74, 6) is -0.675. The van der Waals surface area contributed by atoms with Crippen molar-refractivity contribution in [2.45, 2.75) is 13.5 Å². The number of halogens is 3. The Labute approximate surface area is 185 Å². The third-order valence-corrected chi connectivity index (χ3v) is 5.03. The van der Waals surface area contributed by atoms with Gasteiger partial charge in [-0.2, -0.15) is 9.78 Å². The minimum absolute atomic E-state index is 0.0192. The quantitative estimate of drug-likeness (QED) is 0.445. The Balaban J connectivity index is 1.99. The zero-order valence-electron chi connectivity index (χ0n) is 15.2. The van der Waals surface area contributed by atoms with Crippen LogP contribution in [0.2, 0.25) is 10.0 Å². The molecule has 0 spiro atoms. The average molecular weight is 498 g/mol. The van der Waals surface area contributed by atoms with Crippen molar-refractivity contribution >= 4 is 45.1 Å². The lowest BCUT2D eigenvalue weighted by Crippen LogP contribution is -2.25. The zero-order chi connectivity index (χ0) is 21.0. The van der Waals surface area contributed by atoms with Crippen LogP contribution in [0, 0.1) is 0 Å². The van der Waals surface area contributed by atoms with Gasteiger partial charge < -0.3 is 9.47 Å². The van der Waals surface area contributed by atoms with Gasteiger partial charge in [-0.25, -0.2) is 4.79 Å². The van der Waals surface area contributed by atoms with E-state index in [1.807, 2.05) is 6.07 Å². The van der Waals surface area contributed by atoms with Gasteiger partial charge in [-0.05, 0) is 42.8 Å². The Kier molecular flexibility index (Phi) is 6.95. The molecule has 0 aliphatic heterocycles. The normalized spacial score (nSPS) is 10.6. The number of benzene rings is 2. The van der Waals surface area contributed by atoms with Gasteiger partial charge in [-0.3, -0.25) is 4.79 Å². The van der Waals surface area contributed by atoms with Gasteiger partial charge in [0.25, 0.3) is 5.56 Å². The topological polar surface area (TPSA) is 70.4 Å². The van der Waals surface area contributed by atoms with Crippen molar-refractivity contribution in [1.29, 1.82) is 0 Å². The number of rotatable bonds is 6. The van der Waals surface area contributed by atoms with Gasteiger partial charge in [0, 0.05) is 4.47 Å². The predicted octanol–water partition coefficient (Wildman–Crippen LogP) is 5.06. The maximum absolute atomic E-state index is 12.6. The molecule has 0 saturated heterocycles. The van der Waals surface area contributed by atoms with Crippen LogP contribution in [0.5, 0.6) is 5.75 Å². The summed E-state index contributed by atoms with van der Waals surface area (Å²) < 4.78 is 12.6. The number of carbonyl (C=O) groups excluding carboxylic acids is 1. The smallest absolute Gasteiger partial charge is 0.362 e. The zero-order valence-corrected chi connectivity index (χ0v) is 18.3. The van der Waals surface area contributed by atoms with Crippen LogP contribution in [-0.2, 0) is 11.3 Å². The molecule has 0 fully saturated rings. The molecule has 3 aromatic rings. The molecule has 0 unspecified atom stereocenters. The number of carbonyl (C=O) groups is 1. The van der Waals surface area contributed by atoms with Crippen molar-refractivity contribution in [3.05, 3.63) is 84.7 Å². The highest BCUT2D eigenvalue weighted by Crippen LogP contribution is 2.24. The number of hydrogen-bond donors (Lipinski definition) is 0. The molecule has 1 aromatic heterocycles. The summed E-state index contributed by atoms with van der Waals surface area (Å²) in [6.45, 7) is 1.90. The summed E-state index contributed by atoms with van der Waals surface area (Å²) in [5, 5.41) is 4.98. The molecule has 0 atom stereocenters. The van der Waals surface area contributed by atoms with Crippen molar-refractivity contribution in [2.24, 2.45) is 0 Å². The maximum Gasteiger partial charge on any atom is 0.362 e. The minimum Gasteiger partial charge on any atom is -0.486 e. The van der Waals surface area contributed by atoms with Crippen molar-refractivity contribution in [3.8, 4) is 11.4 Å². The van der Waals surface area contributed by atoms with Crippen LogP contribution in [-0.4, -0.2) is 22.4 Å². The number of esters is 1. The van der Waals surface area contributed by atoms with Gasteiger partial charge in [0.05, 0.1) is 28.4 Å². The Morgan fingerprint density at radius 1 is 1.14 bits per heavy atom. The van der Waals surface area contributed by atoms with E-state index in [4.69, 9.17) is 32.7 Å². The van der Waals surface area contributed by atoms with Crippen LogP contribution < -0.4 is 10.3 Å². The Morgan fingerprint density at radius 3 is 2.62 bits per heavy atom. The van der Waals surface area contributed by atoms with E-state index in [-0.39, 0.29) is 24.7 Å². The molecular weight excluding hydrogens is 483 g/mol. The van der Waals surface area contributed by atoms with E-state index in [1.54, 1.807) is 43.3 Å². The van der Waals surface area contributed by atoms with E-state index in [9.17, 15) is 9.59 Å². The molecule has 0 N–H and O–H groups in total. The third-order valence-electron chi connectivity index (χ3n) is 3.80. The van der Waals surface area contributed by atoms with E-state index in [0.29, 0.717) is 21.3 Å². The Morgan fingerprint density at radius 2 is 1.93 bits per heavy atom. The molecule has 150 valence electrons. The molecule has 0 amide bonds. The fraction of sp³-hybridized carbons (Fsp3) is 0.150. The van der Waals surface area contributed by atoms with Gasteiger partial charge in [-0.15, -0.1) is 0 Å². The van der Waals surface area contributed by atoms with Crippen LogP contribution in [0.3, 0.4) is 0 Å². The summed E-state index contributed by atoms with van der Waals surface area (Å²) in [4.78, 5) is 25.0. The van der Waals surface area contributed by atoms with Gasteiger partial charge in [-0.1, -0.05) is 51.3 Å². The second-order valence-electron chi connectivity index (χ2n) is 5.84. The van der Waals surface area contributed by atoms with Gasteiger partial charge in [0.1, 0.15) is 6.61 Å². The van der Waals surface area contributed by atoms with Crippen LogP contribution in [0.1, 0.15) is 23.0 Å². The molecule has 1 heterocycles. The average Bonchev–Trinajstić information content (AvgIpc) is 2.69. The van der Waals surface area contributed by atoms with Crippen molar-refractivity contribution in [3.63, 3.8) is 0 Å². The predicted molar refractivity (Wildman–Crippen MR) is 114 cm³/mol. The molecule has 0 radical (unpaired) electrons. The minimum atomic E-state index is -0.694. The van der Waals surface area contributed by atoms with E-state index in [1.165, 1.54) is 6.07 Å². The molecule has 3 rings (SSSR count). The Bertz CT molecular complexity index is 1120. The summed E-state index contributed by atoms with van der Waals surface area (Å²) in [6, 6.07) is 13.2. The first-order chi connectivity index (χ1) is 13.9. The first kappa shape index (κ1) is 21.4. The molecule has 0 saturated carbocycles. The van der Waals surface area contributed by atoms with E-state index >= 15 is 0 Å². The highest BCUT2D eigenvalue weighted by Gasteiger charge is 2.20. The van der Waals surface area contributed by atoms with Crippen molar-refractivity contribution < 1.29 is 14.3 Å². The van der Waals surface area contributed by atoms with Gasteiger partial charge in [0.2, 0.25) is 5.69 Å².